The highest BCUT2D eigenvalue weighted by Crippen LogP contribution is 2.16. The molecular weight excluding hydrogens is 218 g/mol. The summed E-state index contributed by atoms with van der Waals surface area (Å²) in [5.74, 6) is 0.499. The first kappa shape index (κ1) is 11.9. The van der Waals surface area contributed by atoms with Crippen LogP contribution in [0.3, 0.4) is 0 Å². The number of aromatic nitrogens is 1. The molecule has 1 amide bonds. The maximum atomic E-state index is 11.6. The van der Waals surface area contributed by atoms with Gasteiger partial charge in [-0.3, -0.25) is 9.78 Å². The second-order valence-corrected chi connectivity index (χ2v) is 4.31. The molecule has 5 heteroatoms. The molecule has 1 aliphatic carbocycles. The zero-order valence-electron chi connectivity index (χ0n) is 9.63. The largest absolute Gasteiger partial charge is 0.482 e. The second-order valence-electron chi connectivity index (χ2n) is 4.31. The lowest BCUT2D eigenvalue weighted by atomic mass is 10.2. The van der Waals surface area contributed by atoms with Gasteiger partial charge in [0.2, 0.25) is 0 Å². The van der Waals surface area contributed by atoms with E-state index in [4.69, 9.17) is 10.5 Å². The molecule has 1 fully saturated rings. The number of hydrogen-bond acceptors (Lipinski definition) is 4. The Labute approximate surface area is 100 Å². The number of amides is 1. The van der Waals surface area contributed by atoms with E-state index in [-0.39, 0.29) is 24.6 Å². The van der Waals surface area contributed by atoms with Gasteiger partial charge in [0.05, 0.1) is 6.20 Å². The van der Waals surface area contributed by atoms with Crippen LogP contribution in [0.25, 0.3) is 0 Å². The summed E-state index contributed by atoms with van der Waals surface area (Å²) in [5, 5.41) is 2.92. The fourth-order valence-corrected chi connectivity index (χ4v) is 2.00. The van der Waals surface area contributed by atoms with Gasteiger partial charge in [-0.1, -0.05) is 0 Å². The van der Waals surface area contributed by atoms with Crippen LogP contribution < -0.4 is 15.8 Å². The van der Waals surface area contributed by atoms with Crippen LogP contribution in [0.15, 0.2) is 24.5 Å². The Balaban J connectivity index is 1.71. The molecule has 92 valence electrons. The van der Waals surface area contributed by atoms with E-state index in [0.717, 1.165) is 19.3 Å². The molecule has 1 aliphatic rings. The van der Waals surface area contributed by atoms with Crippen LogP contribution in [-0.4, -0.2) is 29.6 Å². The highest BCUT2D eigenvalue weighted by molar-refractivity contribution is 5.77. The predicted octanol–water partition coefficient (Wildman–Crippen LogP) is 0.456. The van der Waals surface area contributed by atoms with Crippen LogP contribution in [-0.2, 0) is 4.79 Å². The number of rotatable bonds is 4. The van der Waals surface area contributed by atoms with Crippen LogP contribution >= 0.6 is 0 Å². The zero-order chi connectivity index (χ0) is 12.1. The minimum atomic E-state index is -0.104. The average molecular weight is 235 g/mol. The Hall–Kier alpha value is -1.62. The molecular formula is C12H17N3O2. The molecule has 2 atom stereocenters. The van der Waals surface area contributed by atoms with Crippen molar-refractivity contribution in [3.8, 4) is 5.75 Å². The summed E-state index contributed by atoms with van der Waals surface area (Å²) in [5.41, 5.74) is 5.78. The van der Waals surface area contributed by atoms with Gasteiger partial charge < -0.3 is 15.8 Å². The Bertz CT molecular complexity index is 369. The SMILES string of the molecule is N[C@@H]1CC[C@@H](NC(=O)COc2cccnc2)C1. The Morgan fingerprint density at radius 3 is 3.12 bits per heavy atom. The molecule has 1 aromatic heterocycles. The van der Waals surface area contributed by atoms with Crippen molar-refractivity contribution in [3.63, 3.8) is 0 Å². The van der Waals surface area contributed by atoms with Gasteiger partial charge in [-0.05, 0) is 31.4 Å². The molecule has 1 heterocycles. The van der Waals surface area contributed by atoms with E-state index in [1.807, 2.05) is 0 Å². The standard InChI is InChI=1S/C12H17N3O2/c13-9-3-4-10(6-9)15-12(16)8-17-11-2-1-5-14-7-11/h1-2,5,7,9-10H,3-4,6,8,13H2,(H,15,16)/t9-,10-/m1/s1. The molecule has 17 heavy (non-hydrogen) atoms. The van der Waals surface area contributed by atoms with Crippen molar-refractivity contribution in [2.45, 2.75) is 31.3 Å². The molecule has 2 rings (SSSR count). The molecule has 0 saturated heterocycles. The highest BCUT2D eigenvalue weighted by Gasteiger charge is 2.22. The number of hydrogen-bond donors (Lipinski definition) is 2. The number of pyridine rings is 1. The van der Waals surface area contributed by atoms with E-state index in [9.17, 15) is 4.79 Å². The normalized spacial score (nSPS) is 23.4. The fourth-order valence-electron chi connectivity index (χ4n) is 2.00. The van der Waals surface area contributed by atoms with Crippen LogP contribution in [0.2, 0.25) is 0 Å². The first-order chi connectivity index (χ1) is 8.24. The van der Waals surface area contributed by atoms with Crippen molar-refractivity contribution in [1.29, 1.82) is 0 Å². The fraction of sp³-hybridized carbons (Fsp3) is 0.500. The van der Waals surface area contributed by atoms with Gasteiger partial charge in [-0.15, -0.1) is 0 Å². The van der Waals surface area contributed by atoms with Crippen LogP contribution in [0.1, 0.15) is 19.3 Å². The molecule has 0 spiro atoms. The summed E-state index contributed by atoms with van der Waals surface area (Å²) in [7, 11) is 0. The average Bonchev–Trinajstić information content (AvgIpc) is 2.73. The van der Waals surface area contributed by atoms with E-state index in [1.54, 1.807) is 24.5 Å². The number of carbonyl (C=O) groups excluding carboxylic acids is 1. The zero-order valence-corrected chi connectivity index (χ0v) is 9.63. The van der Waals surface area contributed by atoms with Crippen molar-refractivity contribution in [2.75, 3.05) is 6.61 Å². The lowest BCUT2D eigenvalue weighted by molar-refractivity contribution is -0.123. The number of nitrogens with zero attached hydrogens (tertiary/aromatic N) is 1. The van der Waals surface area contributed by atoms with Gasteiger partial charge in [0.1, 0.15) is 5.75 Å². The third-order valence-corrected chi connectivity index (χ3v) is 2.84. The molecule has 0 aliphatic heterocycles. The molecule has 1 aromatic rings. The quantitative estimate of drug-likeness (QED) is 0.794. The van der Waals surface area contributed by atoms with Crippen LogP contribution in [0, 0.1) is 0 Å². The van der Waals surface area contributed by atoms with Crippen molar-refractivity contribution in [2.24, 2.45) is 5.73 Å². The third kappa shape index (κ3) is 3.71. The van der Waals surface area contributed by atoms with E-state index in [0.29, 0.717) is 5.75 Å². The van der Waals surface area contributed by atoms with Crippen molar-refractivity contribution < 1.29 is 9.53 Å². The number of nitrogens with two attached hydrogens (primary N) is 1. The number of carbonyl (C=O) groups is 1. The van der Waals surface area contributed by atoms with Crippen LogP contribution in [0.5, 0.6) is 5.75 Å². The molecule has 0 bridgehead atoms. The summed E-state index contributed by atoms with van der Waals surface area (Å²) in [6, 6.07) is 3.96. The van der Waals surface area contributed by atoms with Gasteiger partial charge in [-0.25, -0.2) is 0 Å². The third-order valence-electron chi connectivity index (χ3n) is 2.84. The Kier molecular flexibility index (Phi) is 3.93. The smallest absolute Gasteiger partial charge is 0.258 e. The molecule has 1 saturated carbocycles. The summed E-state index contributed by atoms with van der Waals surface area (Å²) < 4.78 is 5.30. The second kappa shape index (κ2) is 5.63. The lowest BCUT2D eigenvalue weighted by Crippen LogP contribution is -2.37. The van der Waals surface area contributed by atoms with Gasteiger partial charge in [0, 0.05) is 18.3 Å². The van der Waals surface area contributed by atoms with Gasteiger partial charge in [-0.2, -0.15) is 0 Å². The molecule has 3 N–H and O–H groups in total. The number of nitrogens with one attached hydrogen (secondary N) is 1. The monoisotopic (exact) mass is 235 g/mol. The van der Waals surface area contributed by atoms with E-state index in [2.05, 4.69) is 10.3 Å². The first-order valence-corrected chi connectivity index (χ1v) is 5.82. The van der Waals surface area contributed by atoms with Crippen LogP contribution in [0.4, 0.5) is 0 Å². The summed E-state index contributed by atoms with van der Waals surface area (Å²) >= 11 is 0. The van der Waals surface area contributed by atoms with Gasteiger partial charge in [0.25, 0.3) is 5.91 Å². The highest BCUT2D eigenvalue weighted by atomic mass is 16.5. The maximum absolute atomic E-state index is 11.6. The minimum absolute atomic E-state index is 0.0252. The Morgan fingerprint density at radius 1 is 1.59 bits per heavy atom. The lowest BCUT2D eigenvalue weighted by Gasteiger charge is -2.12. The van der Waals surface area contributed by atoms with Crippen molar-refractivity contribution in [1.82, 2.24) is 10.3 Å². The summed E-state index contributed by atoms with van der Waals surface area (Å²) in [6.45, 7) is 0.0252. The predicted molar refractivity (Wildman–Crippen MR) is 63.5 cm³/mol. The van der Waals surface area contributed by atoms with Gasteiger partial charge >= 0.3 is 0 Å². The maximum Gasteiger partial charge on any atom is 0.258 e. The van der Waals surface area contributed by atoms with Crippen molar-refractivity contribution >= 4 is 5.91 Å². The van der Waals surface area contributed by atoms with E-state index in [1.165, 1.54) is 0 Å². The van der Waals surface area contributed by atoms with E-state index >= 15 is 0 Å². The molecule has 0 unspecified atom stereocenters. The topological polar surface area (TPSA) is 77.2 Å². The number of ether oxygens (including phenoxy) is 1. The minimum Gasteiger partial charge on any atom is -0.482 e. The van der Waals surface area contributed by atoms with Gasteiger partial charge in [0.15, 0.2) is 6.61 Å². The molecule has 5 nitrogen and oxygen atoms in total. The van der Waals surface area contributed by atoms with E-state index < -0.39 is 0 Å². The van der Waals surface area contributed by atoms with Crippen molar-refractivity contribution in [3.05, 3.63) is 24.5 Å². The summed E-state index contributed by atoms with van der Waals surface area (Å²) in [6.07, 6.45) is 6.04. The molecule has 0 radical (unpaired) electrons. The first-order valence-electron chi connectivity index (χ1n) is 5.82. The Morgan fingerprint density at radius 2 is 2.47 bits per heavy atom. The molecule has 0 aromatic carbocycles. The summed E-state index contributed by atoms with van der Waals surface area (Å²) in [4.78, 5) is 15.5.